The van der Waals surface area contributed by atoms with Crippen LogP contribution in [0.2, 0.25) is 0 Å². The Balaban J connectivity index is 2.00. The number of nitrogens with two attached hydrogens (primary N) is 1. The third-order valence-corrected chi connectivity index (χ3v) is 5.30. The molecule has 1 heterocycles. The fourth-order valence-electron chi connectivity index (χ4n) is 4.21. The van der Waals surface area contributed by atoms with E-state index >= 15 is 0 Å². The van der Waals surface area contributed by atoms with Crippen LogP contribution in [0.4, 0.5) is 0 Å². The highest BCUT2D eigenvalue weighted by molar-refractivity contribution is 5.38. The first-order valence-electron chi connectivity index (χ1n) is 8.75. The van der Waals surface area contributed by atoms with Crippen LogP contribution in [0.25, 0.3) is 5.69 Å². The summed E-state index contributed by atoms with van der Waals surface area (Å²) in [6, 6.07) is 11.2. The van der Waals surface area contributed by atoms with Crippen LogP contribution in [0.1, 0.15) is 53.8 Å². The summed E-state index contributed by atoms with van der Waals surface area (Å²) in [5.41, 5.74) is 14.9. The Bertz CT molecular complexity index is 669. The predicted molar refractivity (Wildman–Crippen MR) is 89.1 cm³/mol. The van der Waals surface area contributed by atoms with Crippen molar-refractivity contribution < 1.29 is 4.57 Å². The lowest BCUT2D eigenvalue weighted by molar-refractivity contribution is -0.615. The Labute approximate surface area is 133 Å². The SMILES string of the molecule is NCc1ccccc1-[n+]1c2c(cc3c1CCCC3)CCCC2. The summed E-state index contributed by atoms with van der Waals surface area (Å²) in [5, 5.41) is 0. The van der Waals surface area contributed by atoms with Crippen LogP contribution in [-0.4, -0.2) is 0 Å². The van der Waals surface area contributed by atoms with E-state index in [4.69, 9.17) is 5.73 Å². The molecule has 0 fully saturated rings. The van der Waals surface area contributed by atoms with Gasteiger partial charge in [0.2, 0.25) is 5.69 Å². The molecule has 1 aromatic heterocycles. The maximum atomic E-state index is 6.03. The molecule has 4 rings (SSSR count). The summed E-state index contributed by atoms with van der Waals surface area (Å²) in [4.78, 5) is 0. The molecule has 0 saturated carbocycles. The number of hydrogen-bond acceptors (Lipinski definition) is 1. The van der Waals surface area contributed by atoms with Crippen molar-refractivity contribution in [3.05, 3.63) is 58.4 Å². The van der Waals surface area contributed by atoms with Crippen LogP contribution in [0, 0.1) is 0 Å². The number of aryl methyl sites for hydroxylation is 2. The third-order valence-electron chi connectivity index (χ3n) is 5.30. The Morgan fingerprint density at radius 2 is 1.41 bits per heavy atom. The molecule has 2 heteroatoms. The summed E-state index contributed by atoms with van der Waals surface area (Å²) in [6.07, 6.45) is 10.2. The summed E-state index contributed by atoms with van der Waals surface area (Å²) in [6.45, 7) is 0.613. The molecule has 2 aliphatic rings. The second-order valence-corrected chi connectivity index (χ2v) is 6.67. The topological polar surface area (TPSA) is 29.9 Å². The molecule has 1 aromatic carbocycles. The van der Waals surface area contributed by atoms with Gasteiger partial charge in [-0.1, -0.05) is 18.2 Å². The van der Waals surface area contributed by atoms with Gasteiger partial charge in [-0.15, -0.1) is 0 Å². The second-order valence-electron chi connectivity index (χ2n) is 6.67. The molecule has 2 N–H and O–H groups in total. The van der Waals surface area contributed by atoms with Gasteiger partial charge < -0.3 is 5.73 Å². The quantitative estimate of drug-likeness (QED) is 0.847. The van der Waals surface area contributed by atoms with Crippen molar-refractivity contribution in [2.24, 2.45) is 5.73 Å². The van der Waals surface area contributed by atoms with Gasteiger partial charge in [-0.05, 0) is 44.6 Å². The van der Waals surface area contributed by atoms with E-state index in [0.29, 0.717) is 6.54 Å². The van der Waals surface area contributed by atoms with Crippen molar-refractivity contribution in [2.45, 2.75) is 57.9 Å². The van der Waals surface area contributed by atoms with E-state index in [1.165, 1.54) is 62.6 Å². The Morgan fingerprint density at radius 1 is 0.818 bits per heavy atom. The molecule has 0 spiro atoms. The lowest BCUT2D eigenvalue weighted by atomic mass is 9.88. The van der Waals surface area contributed by atoms with Crippen molar-refractivity contribution in [1.82, 2.24) is 0 Å². The normalized spacial score (nSPS) is 17.0. The minimum Gasteiger partial charge on any atom is -0.326 e. The predicted octanol–water partition coefficient (Wildman–Crippen LogP) is 3.18. The molecule has 0 radical (unpaired) electrons. The van der Waals surface area contributed by atoms with Gasteiger partial charge in [0.05, 0.1) is 0 Å². The molecule has 0 bridgehead atoms. The molecular weight excluding hydrogens is 268 g/mol. The van der Waals surface area contributed by atoms with E-state index in [1.807, 2.05) is 0 Å². The molecule has 0 aliphatic heterocycles. The molecule has 0 saturated heterocycles. The number of benzene rings is 1. The summed E-state index contributed by atoms with van der Waals surface area (Å²) >= 11 is 0. The van der Waals surface area contributed by atoms with Crippen molar-refractivity contribution in [2.75, 3.05) is 0 Å². The van der Waals surface area contributed by atoms with Crippen LogP contribution in [-0.2, 0) is 32.2 Å². The van der Waals surface area contributed by atoms with Gasteiger partial charge in [0.1, 0.15) is 0 Å². The molecule has 0 atom stereocenters. The van der Waals surface area contributed by atoms with Crippen molar-refractivity contribution in [3.63, 3.8) is 0 Å². The summed E-state index contributed by atoms with van der Waals surface area (Å²) < 4.78 is 2.59. The number of hydrogen-bond donors (Lipinski definition) is 1. The number of para-hydroxylation sites is 1. The fourth-order valence-corrected chi connectivity index (χ4v) is 4.21. The minimum absolute atomic E-state index is 0.613. The van der Waals surface area contributed by atoms with Gasteiger partial charge in [-0.3, -0.25) is 0 Å². The molecule has 0 unspecified atom stereocenters. The molecule has 2 aliphatic carbocycles. The first-order chi connectivity index (χ1) is 10.9. The van der Waals surface area contributed by atoms with E-state index in [1.54, 1.807) is 22.5 Å². The van der Waals surface area contributed by atoms with Gasteiger partial charge in [0, 0.05) is 42.1 Å². The zero-order chi connectivity index (χ0) is 14.9. The first kappa shape index (κ1) is 14.0. The van der Waals surface area contributed by atoms with Gasteiger partial charge in [0.15, 0.2) is 11.4 Å². The van der Waals surface area contributed by atoms with Crippen LogP contribution >= 0.6 is 0 Å². The third kappa shape index (κ3) is 2.26. The molecule has 22 heavy (non-hydrogen) atoms. The average Bonchev–Trinajstić information content (AvgIpc) is 2.59. The minimum atomic E-state index is 0.613. The van der Waals surface area contributed by atoms with Crippen molar-refractivity contribution in [3.8, 4) is 5.69 Å². The Morgan fingerprint density at radius 3 is 2.05 bits per heavy atom. The van der Waals surface area contributed by atoms with Gasteiger partial charge >= 0.3 is 0 Å². The molecule has 0 amide bonds. The second kappa shape index (κ2) is 5.85. The van der Waals surface area contributed by atoms with Crippen molar-refractivity contribution >= 4 is 0 Å². The first-order valence-corrected chi connectivity index (χ1v) is 8.75. The summed E-state index contributed by atoms with van der Waals surface area (Å²) in [7, 11) is 0. The van der Waals surface area contributed by atoms with Crippen LogP contribution < -0.4 is 10.3 Å². The van der Waals surface area contributed by atoms with E-state index in [2.05, 4.69) is 34.9 Å². The largest absolute Gasteiger partial charge is 0.326 e. The van der Waals surface area contributed by atoms with Crippen molar-refractivity contribution in [1.29, 1.82) is 0 Å². The number of aromatic nitrogens is 1. The fraction of sp³-hybridized carbons (Fsp3) is 0.450. The monoisotopic (exact) mass is 293 g/mol. The average molecular weight is 293 g/mol. The maximum Gasteiger partial charge on any atom is 0.215 e. The van der Waals surface area contributed by atoms with Crippen LogP contribution in [0.3, 0.4) is 0 Å². The van der Waals surface area contributed by atoms with Gasteiger partial charge in [0.25, 0.3) is 0 Å². The van der Waals surface area contributed by atoms with Gasteiger partial charge in [-0.25, -0.2) is 0 Å². The van der Waals surface area contributed by atoms with E-state index in [-0.39, 0.29) is 0 Å². The van der Waals surface area contributed by atoms with Gasteiger partial charge in [-0.2, -0.15) is 4.57 Å². The van der Waals surface area contributed by atoms with E-state index in [0.717, 1.165) is 0 Å². The number of pyridine rings is 1. The summed E-state index contributed by atoms with van der Waals surface area (Å²) in [5.74, 6) is 0. The maximum absolute atomic E-state index is 6.03. The van der Waals surface area contributed by atoms with E-state index < -0.39 is 0 Å². The zero-order valence-electron chi connectivity index (χ0n) is 13.3. The number of rotatable bonds is 2. The molecule has 2 aromatic rings. The van der Waals surface area contributed by atoms with Crippen LogP contribution in [0.15, 0.2) is 30.3 Å². The standard InChI is InChI=1S/C20H25N2/c21-14-17-9-3-6-12-20(17)22-18-10-4-1-7-15(18)13-16-8-2-5-11-19(16)22/h3,6,9,12-13H,1-2,4-5,7-8,10-11,14,21H2/q+1. The van der Waals surface area contributed by atoms with E-state index in [9.17, 15) is 0 Å². The Hall–Kier alpha value is -1.67. The highest BCUT2D eigenvalue weighted by atomic mass is 15.0. The van der Waals surface area contributed by atoms with Crippen LogP contribution in [0.5, 0.6) is 0 Å². The number of fused-ring (bicyclic) bond motifs is 2. The smallest absolute Gasteiger partial charge is 0.215 e. The number of nitrogens with zero attached hydrogens (tertiary/aromatic N) is 1. The lowest BCUT2D eigenvalue weighted by Gasteiger charge is -2.22. The molecular formula is C20H25N2+. The molecule has 2 nitrogen and oxygen atoms in total. The molecule has 114 valence electrons. The highest BCUT2D eigenvalue weighted by Gasteiger charge is 2.30. The lowest BCUT2D eigenvalue weighted by Crippen LogP contribution is -2.45. The highest BCUT2D eigenvalue weighted by Crippen LogP contribution is 2.27. The zero-order valence-corrected chi connectivity index (χ0v) is 13.3. The Kier molecular flexibility index (Phi) is 3.71.